The molecule has 0 aromatic heterocycles. The van der Waals surface area contributed by atoms with Gasteiger partial charge in [-0.25, -0.2) is 4.79 Å². The highest BCUT2D eigenvalue weighted by Gasteiger charge is 2.21. The van der Waals surface area contributed by atoms with E-state index in [1.807, 2.05) is 0 Å². The van der Waals surface area contributed by atoms with Crippen LogP contribution in [0.3, 0.4) is 0 Å². The topological polar surface area (TPSA) is 132 Å². The summed E-state index contributed by atoms with van der Waals surface area (Å²) in [6.45, 7) is 2.38. The van der Waals surface area contributed by atoms with Gasteiger partial charge in [-0.2, -0.15) is 0 Å². The first-order valence-corrected chi connectivity index (χ1v) is 10.2. The SMILES string of the molecule is COC(=O)c1ccc(N2CCOCC2)c(NC(=S)NC(=O)c2ccc(OC)c([N+](=O)[O-])c2)c1. The van der Waals surface area contributed by atoms with Crippen molar-refractivity contribution >= 4 is 46.3 Å². The molecule has 0 saturated carbocycles. The molecule has 1 heterocycles. The number of rotatable bonds is 6. The number of anilines is 2. The zero-order valence-electron chi connectivity index (χ0n) is 18.0. The van der Waals surface area contributed by atoms with Crippen molar-refractivity contribution in [3.63, 3.8) is 0 Å². The smallest absolute Gasteiger partial charge is 0.337 e. The number of thiocarbonyl (C=S) groups is 1. The molecule has 0 unspecified atom stereocenters. The number of carbonyl (C=O) groups is 2. The van der Waals surface area contributed by atoms with Crippen LogP contribution in [0.25, 0.3) is 0 Å². The van der Waals surface area contributed by atoms with Gasteiger partial charge in [0.1, 0.15) is 0 Å². The fraction of sp³-hybridized carbons (Fsp3) is 0.286. The molecule has 2 aromatic carbocycles. The van der Waals surface area contributed by atoms with E-state index in [2.05, 4.69) is 15.5 Å². The second-order valence-corrected chi connectivity index (χ2v) is 7.28. The van der Waals surface area contributed by atoms with E-state index in [9.17, 15) is 19.7 Å². The molecule has 0 spiro atoms. The molecule has 12 heteroatoms. The standard InChI is InChI=1S/C21H22N4O7S/c1-30-18-6-4-13(12-17(18)25(28)29)19(26)23-21(33)22-15-11-14(20(27)31-2)3-5-16(15)24-7-9-32-10-8-24/h3-6,11-12H,7-10H2,1-2H3,(H2,22,23,26,33). The summed E-state index contributed by atoms with van der Waals surface area (Å²) in [5, 5.41) is 16.6. The number of hydrogen-bond acceptors (Lipinski definition) is 9. The third-order valence-corrected chi connectivity index (χ3v) is 5.09. The molecule has 1 aliphatic rings. The highest BCUT2D eigenvalue weighted by molar-refractivity contribution is 7.80. The lowest BCUT2D eigenvalue weighted by Crippen LogP contribution is -2.38. The first-order valence-electron chi connectivity index (χ1n) is 9.84. The summed E-state index contributed by atoms with van der Waals surface area (Å²) in [7, 11) is 2.58. The minimum absolute atomic E-state index is 0.0309. The zero-order valence-corrected chi connectivity index (χ0v) is 18.8. The maximum Gasteiger partial charge on any atom is 0.337 e. The minimum atomic E-state index is -0.643. The summed E-state index contributed by atoms with van der Waals surface area (Å²) >= 11 is 5.28. The first-order chi connectivity index (χ1) is 15.8. The molecule has 0 aliphatic carbocycles. The number of morpholine rings is 1. The maximum absolute atomic E-state index is 12.6. The number of nitrogens with one attached hydrogen (secondary N) is 2. The molecule has 3 rings (SSSR count). The van der Waals surface area contributed by atoms with Crippen molar-refractivity contribution in [3.8, 4) is 5.75 Å². The number of benzene rings is 2. The van der Waals surface area contributed by atoms with Gasteiger partial charge in [-0.05, 0) is 42.5 Å². The predicted molar refractivity (Wildman–Crippen MR) is 124 cm³/mol. The first kappa shape index (κ1) is 23.9. The van der Waals surface area contributed by atoms with Crippen LogP contribution in [-0.2, 0) is 9.47 Å². The van der Waals surface area contributed by atoms with Crippen LogP contribution in [0.2, 0.25) is 0 Å². The van der Waals surface area contributed by atoms with Crippen LogP contribution in [-0.4, -0.2) is 62.4 Å². The molecular weight excluding hydrogens is 452 g/mol. The Morgan fingerprint density at radius 2 is 1.82 bits per heavy atom. The second kappa shape index (κ2) is 10.7. The molecule has 33 heavy (non-hydrogen) atoms. The van der Waals surface area contributed by atoms with Crippen LogP contribution in [0.4, 0.5) is 17.1 Å². The van der Waals surface area contributed by atoms with E-state index in [4.69, 9.17) is 26.4 Å². The Labute approximate surface area is 194 Å². The van der Waals surface area contributed by atoms with Crippen molar-refractivity contribution in [2.45, 2.75) is 0 Å². The average Bonchev–Trinajstić information content (AvgIpc) is 2.83. The van der Waals surface area contributed by atoms with Crippen molar-refractivity contribution in [2.75, 3.05) is 50.7 Å². The number of amides is 1. The van der Waals surface area contributed by atoms with E-state index >= 15 is 0 Å². The Hall–Kier alpha value is -3.77. The van der Waals surface area contributed by atoms with Gasteiger partial charge < -0.3 is 24.4 Å². The van der Waals surface area contributed by atoms with E-state index in [1.54, 1.807) is 18.2 Å². The van der Waals surface area contributed by atoms with Gasteiger partial charge in [0.15, 0.2) is 10.9 Å². The van der Waals surface area contributed by atoms with Gasteiger partial charge in [-0.3, -0.25) is 20.2 Å². The van der Waals surface area contributed by atoms with Gasteiger partial charge in [0.25, 0.3) is 5.91 Å². The number of nitrogens with zero attached hydrogens (tertiary/aromatic N) is 2. The number of nitro groups is 1. The normalized spacial score (nSPS) is 13.1. The monoisotopic (exact) mass is 474 g/mol. The molecule has 2 aromatic rings. The molecule has 1 aliphatic heterocycles. The van der Waals surface area contributed by atoms with Crippen molar-refractivity contribution in [3.05, 3.63) is 57.6 Å². The Balaban J connectivity index is 1.81. The molecule has 1 amide bonds. The Bertz CT molecular complexity index is 1090. The third-order valence-electron chi connectivity index (χ3n) is 4.88. The van der Waals surface area contributed by atoms with Gasteiger partial charge in [0, 0.05) is 24.7 Å². The van der Waals surface area contributed by atoms with Crippen LogP contribution in [0.15, 0.2) is 36.4 Å². The van der Waals surface area contributed by atoms with Gasteiger partial charge in [-0.15, -0.1) is 0 Å². The molecule has 1 fully saturated rings. The second-order valence-electron chi connectivity index (χ2n) is 6.87. The number of hydrogen-bond donors (Lipinski definition) is 2. The highest BCUT2D eigenvalue weighted by atomic mass is 32.1. The van der Waals surface area contributed by atoms with Crippen LogP contribution in [0.5, 0.6) is 5.75 Å². The van der Waals surface area contributed by atoms with Crippen LogP contribution in [0.1, 0.15) is 20.7 Å². The lowest BCUT2D eigenvalue weighted by molar-refractivity contribution is -0.385. The summed E-state index contributed by atoms with van der Waals surface area (Å²) in [6.07, 6.45) is 0. The minimum Gasteiger partial charge on any atom is -0.490 e. The zero-order chi connectivity index (χ0) is 24.0. The van der Waals surface area contributed by atoms with Crippen molar-refractivity contribution in [1.82, 2.24) is 5.32 Å². The third kappa shape index (κ3) is 5.73. The molecule has 0 radical (unpaired) electrons. The number of ether oxygens (including phenoxy) is 3. The number of carbonyl (C=O) groups excluding carboxylic acids is 2. The van der Waals surface area contributed by atoms with E-state index < -0.39 is 16.8 Å². The summed E-state index contributed by atoms with van der Waals surface area (Å²) in [6, 6.07) is 8.80. The van der Waals surface area contributed by atoms with E-state index in [-0.39, 0.29) is 22.1 Å². The quantitative estimate of drug-likeness (QED) is 0.278. The molecule has 1 saturated heterocycles. The number of nitro benzene ring substituents is 1. The fourth-order valence-electron chi connectivity index (χ4n) is 3.26. The van der Waals surface area contributed by atoms with Crippen molar-refractivity contribution in [2.24, 2.45) is 0 Å². The average molecular weight is 474 g/mol. The fourth-order valence-corrected chi connectivity index (χ4v) is 3.47. The van der Waals surface area contributed by atoms with E-state index in [0.29, 0.717) is 37.6 Å². The van der Waals surface area contributed by atoms with E-state index in [1.165, 1.54) is 26.4 Å². The largest absolute Gasteiger partial charge is 0.490 e. The summed E-state index contributed by atoms with van der Waals surface area (Å²) in [4.78, 5) is 37.3. The van der Waals surface area contributed by atoms with Crippen LogP contribution in [0, 0.1) is 10.1 Å². The van der Waals surface area contributed by atoms with Crippen LogP contribution >= 0.6 is 12.2 Å². The Morgan fingerprint density at radius 1 is 1.12 bits per heavy atom. The van der Waals surface area contributed by atoms with Gasteiger partial charge in [0.05, 0.1) is 49.3 Å². The van der Waals surface area contributed by atoms with Gasteiger partial charge in [-0.1, -0.05) is 0 Å². The van der Waals surface area contributed by atoms with E-state index in [0.717, 1.165) is 11.8 Å². The van der Waals surface area contributed by atoms with Gasteiger partial charge >= 0.3 is 11.7 Å². The summed E-state index contributed by atoms with van der Waals surface area (Å²) in [5.41, 5.74) is 1.25. The Kier molecular flexibility index (Phi) is 7.74. The summed E-state index contributed by atoms with van der Waals surface area (Å²) in [5.74, 6) is -1.13. The maximum atomic E-state index is 12.6. The summed E-state index contributed by atoms with van der Waals surface area (Å²) < 4.78 is 15.1. The molecule has 11 nitrogen and oxygen atoms in total. The molecular formula is C21H22N4O7S. The van der Waals surface area contributed by atoms with Crippen LogP contribution < -0.4 is 20.3 Å². The molecule has 2 N–H and O–H groups in total. The van der Waals surface area contributed by atoms with Crippen molar-refractivity contribution in [1.29, 1.82) is 0 Å². The molecule has 0 atom stereocenters. The number of esters is 1. The Morgan fingerprint density at radius 3 is 2.45 bits per heavy atom. The molecule has 0 bridgehead atoms. The molecule has 174 valence electrons. The number of methoxy groups -OCH3 is 2. The lowest BCUT2D eigenvalue weighted by atomic mass is 10.1. The predicted octanol–water partition coefficient (Wildman–Crippen LogP) is 2.35. The van der Waals surface area contributed by atoms with Gasteiger partial charge in [0.2, 0.25) is 0 Å². The van der Waals surface area contributed by atoms with Crippen molar-refractivity contribution < 1.29 is 28.7 Å². The highest BCUT2D eigenvalue weighted by Crippen LogP contribution is 2.29. The lowest BCUT2D eigenvalue weighted by Gasteiger charge is -2.31.